The second kappa shape index (κ2) is 4.27. The fraction of sp³-hybridized carbons (Fsp3) is 0.875. The van der Waals surface area contributed by atoms with Crippen molar-refractivity contribution in [1.82, 2.24) is 0 Å². The summed E-state index contributed by atoms with van der Waals surface area (Å²) in [6.45, 7) is 0. The van der Waals surface area contributed by atoms with E-state index in [2.05, 4.69) is 4.74 Å². The van der Waals surface area contributed by atoms with E-state index in [9.17, 15) is 18.3 Å². The van der Waals surface area contributed by atoms with Crippen LogP contribution in [0.25, 0.3) is 0 Å². The Hall–Kier alpha value is -0.620. The summed E-state index contributed by atoms with van der Waals surface area (Å²) in [5.41, 5.74) is 0. The number of methoxy groups -OCH3 is 1. The molecule has 6 heteroatoms. The Balaban J connectivity index is 2.43. The van der Waals surface area contributed by atoms with Crippen molar-refractivity contribution in [2.24, 2.45) is 5.92 Å². The predicted molar refractivity (Wildman–Crippen MR) is 49.4 cm³/mol. The van der Waals surface area contributed by atoms with Crippen LogP contribution in [-0.4, -0.2) is 44.2 Å². The number of carbonyl (C=O) groups excluding carboxylic acids is 1. The van der Waals surface area contributed by atoms with E-state index in [1.165, 1.54) is 7.11 Å². The van der Waals surface area contributed by atoms with Crippen molar-refractivity contribution in [3.05, 3.63) is 0 Å². The summed E-state index contributed by atoms with van der Waals surface area (Å²) in [6, 6.07) is 0. The van der Waals surface area contributed by atoms with Crippen molar-refractivity contribution in [3.63, 3.8) is 0 Å². The Morgan fingerprint density at radius 2 is 2.29 bits per heavy atom. The number of aliphatic hydroxyl groups excluding tert-OH is 1. The first-order chi connectivity index (χ1) is 6.44. The van der Waals surface area contributed by atoms with Gasteiger partial charge in [0.2, 0.25) is 0 Å². The van der Waals surface area contributed by atoms with E-state index in [1.807, 2.05) is 0 Å². The molecule has 82 valence electrons. The molecule has 14 heavy (non-hydrogen) atoms. The molecule has 2 atom stereocenters. The maximum absolute atomic E-state index is 11.1. The molecule has 0 aromatic carbocycles. The molecule has 0 amide bonds. The third-order valence-electron chi connectivity index (χ3n) is 2.36. The van der Waals surface area contributed by atoms with Crippen molar-refractivity contribution < 1.29 is 23.1 Å². The largest absolute Gasteiger partial charge is 0.467 e. The number of sulfone groups is 1. The van der Waals surface area contributed by atoms with Gasteiger partial charge < -0.3 is 9.84 Å². The molecular weight excluding hydrogens is 208 g/mol. The first-order valence-corrected chi connectivity index (χ1v) is 6.23. The lowest BCUT2D eigenvalue weighted by molar-refractivity contribution is -0.151. The third kappa shape index (κ3) is 2.95. The van der Waals surface area contributed by atoms with Gasteiger partial charge in [0.05, 0.1) is 18.6 Å². The third-order valence-corrected chi connectivity index (χ3v) is 4.19. The van der Waals surface area contributed by atoms with Crippen LogP contribution in [-0.2, 0) is 19.4 Å². The highest BCUT2D eigenvalue weighted by molar-refractivity contribution is 7.91. The molecule has 1 saturated heterocycles. The summed E-state index contributed by atoms with van der Waals surface area (Å²) in [7, 11) is -1.75. The van der Waals surface area contributed by atoms with Crippen molar-refractivity contribution in [2.45, 2.75) is 18.9 Å². The Kier molecular flexibility index (Phi) is 3.49. The number of rotatable bonds is 3. The van der Waals surface area contributed by atoms with E-state index >= 15 is 0 Å². The van der Waals surface area contributed by atoms with Crippen LogP contribution in [0.15, 0.2) is 0 Å². The lowest BCUT2D eigenvalue weighted by Crippen LogP contribution is -2.25. The summed E-state index contributed by atoms with van der Waals surface area (Å²) in [6.07, 6.45) is -0.499. The first-order valence-electron chi connectivity index (χ1n) is 4.41. The van der Waals surface area contributed by atoms with E-state index < -0.39 is 21.9 Å². The van der Waals surface area contributed by atoms with Gasteiger partial charge in [-0.3, -0.25) is 0 Å². The van der Waals surface area contributed by atoms with Crippen LogP contribution in [0, 0.1) is 5.92 Å². The summed E-state index contributed by atoms with van der Waals surface area (Å²) in [5, 5.41) is 9.28. The minimum atomic E-state index is -2.94. The molecule has 0 aromatic rings. The first kappa shape index (κ1) is 11.5. The summed E-state index contributed by atoms with van der Waals surface area (Å²) >= 11 is 0. The van der Waals surface area contributed by atoms with Gasteiger partial charge in [0.25, 0.3) is 0 Å². The Morgan fingerprint density at radius 3 is 2.71 bits per heavy atom. The second-order valence-corrected chi connectivity index (χ2v) is 5.77. The van der Waals surface area contributed by atoms with E-state index in [4.69, 9.17) is 0 Å². The van der Waals surface area contributed by atoms with Gasteiger partial charge in [-0.2, -0.15) is 0 Å². The molecule has 1 N–H and O–H groups in total. The fourth-order valence-electron chi connectivity index (χ4n) is 1.61. The topological polar surface area (TPSA) is 80.7 Å². The number of aliphatic hydroxyl groups is 1. The molecule has 0 spiro atoms. The van der Waals surface area contributed by atoms with E-state index in [0.717, 1.165) is 0 Å². The van der Waals surface area contributed by atoms with E-state index in [1.54, 1.807) is 0 Å². The number of esters is 1. The van der Waals surface area contributed by atoms with Crippen LogP contribution in [0.4, 0.5) is 0 Å². The van der Waals surface area contributed by atoms with Gasteiger partial charge in [0.15, 0.2) is 15.9 Å². The number of ether oxygens (including phenoxy) is 1. The average molecular weight is 222 g/mol. The lowest BCUT2D eigenvalue weighted by Gasteiger charge is -2.11. The normalized spacial score (nSPS) is 27.1. The summed E-state index contributed by atoms with van der Waals surface area (Å²) in [4.78, 5) is 10.8. The zero-order valence-electron chi connectivity index (χ0n) is 7.97. The maximum atomic E-state index is 11.1. The van der Waals surface area contributed by atoms with Crippen LogP contribution in [0.1, 0.15) is 12.8 Å². The van der Waals surface area contributed by atoms with Gasteiger partial charge in [0.1, 0.15) is 0 Å². The van der Waals surface area contributed by atoms with Crippen LogP contribution < -0.4 is 0 Å². The molecule has 1 heterocycles. The van der Waals surface area contributed by atoms with Gasteiger partial charge in [-0.05, 0) is 18.8 Å². The van der Waals surface area contributed by atoms with E-state index in [0.29, 0.717) is 6.42 Å². The van der Waals surface area contributed by atoms with Crippen LogP contribution >= 0.6 is 0 Å². The predicted octanol–water partition coefficient (Wildman–Crippen LogP) is -0.655. The second-order valence-electron chi connectivity index (χ2n) is 3.54. The Bertz CT molecular complexity index is 308. The molecule has 1 fully saturated rings. The highest BCUT2D eigenvalue weighted by Crippen LogP contribution is 2.23. The van der Waals surface area contributed by atoms with Gasteiger partial charge in [0, 0.05) is 0 Å². The van der Waals surface area contributed by atoms with Crippen molar-refractivity contribution >= 4 is 15.8 Å². The molecule has 0 aromatic heterocycles. The minimum absolute atomic E-state index is 0.0705. The van der Waals surface area contributed by atoms with Crippen LogP contribution in [0.2, 0.25) is 0 Å². The average Bonchev–Trinajstić information content (AvgIpc) is 2.44. The Labute approximate surface area is 83.0 Å². The molecule has 0 radical (unpaired) electrons. The fourth-order valence-corrected chi connectivity index (χ4v) is 3.49. The molecule has 1 aliphatic heterocycles. The van der Waals surface area contributed by atoms with Crippen molar-refractivity contribution in [1.29, 1.82) is 0 Å². The molecule has 0 aliphatic carbocycles. The van der Waals surface area contributed by atoms with Crippen LogP contribution in [0.5, 0.6) is 0 Å². The lowest BCUT2D eigenvalue weighted by atomic mass is 10.0. The molecule has 1 rings (SSSR count). The zero-order valence-corrected chi connectivity index (χ0v) is 8.79. The van der Waals surface area contributed by atoms with Crippen LogP contribution in [0.3, 0.4) is 0 Å². The SMILES string of the molecule is COC(=O)C(O)CC1CCS(=O)(=O)C1. The van der Waals surface area contributed by atoms with Gasteiger partial charge in [-0.1, -0.05) is 0 Å². The highest BCUT2D eigenvalue weighted by atomic mass is 32.2. The molecular formula is C8H14O5S. The molecule has 5 nitrogen and oxygen atoms in total. The van der Waals surface area contributed by atoms with Gasteiger partial charge in [-0.15, -0.1) is 0 Å². The molecule has 0 saturated carbocycles. The number of carbonyl (C=O) groups is 1. The standard InChI is InChI=1S/C8H14O5S/c1-13-8(10)7(9)4-6-2-3-14(11,12)5-6/h6-7,9H,2-5H2,1H3. The quantitative estimate of drug-likeness (QED) is 0.641. The molecule has 1 aliphatic rings. The van der Waals surface area contributed by atoms with Gasteiger partial charge in [-0.25, -0.2) is 13.2 Å². The smallest absolute Gasteiger partial charge is 0.334 e. The zero-order chi connectivity index (χ0) is 10.8. The number of hydrogen-bond acceptors (Lipinski definition) is 5. The maximum Gasteiger partial charge on any atom is 0.334 e. The molecule has 2 unspecified atom stereocenters. The monoisotopic (exact) mass is 222 g/mol. The molecule has 0 bridgehead atoms. The number of hydrogen-bond donors (Lipinski definition) is 1. The summed E-state index contributed by atoms with van der Waals surface area (Å²) in [5.74, 6) is -0.588. The van der Waals surface area contributed by atoms with Gasteiger partial charge >= 0.3 is 5.97 Å². The highest BCUT2D eigenvalue weighted by Gasteiger charge is 2.31. The van der Waals surface area contributed by atoms with E-state index in [-0.39, 0.29) is 23.8 Å². The summed E-state index contributed by atoms with van der Waals surface area (Å²) < 4.78 is 26.5. The Morgan fingerprint density at radius 1 is 1.64 bits per heavy atom. The van der Waals surface area contributed by atoms with Crippen molar-refractivity contribution in [2.75, 3.05) is 18.6 Å². The minimum Gasteiger partial charge on any atom is -0.467 e. The van der Waals surface area contributed by atoms with Crippen molar-refractivity contribution in [3.8, 4) is 0 Å².